The van der Waals surface area contributed by atoms with E-state index in [2.05, 4.69) is 10.6 Å². The van der Waals surface area contributed by atoms with Crippen molar-refractivity contribution >= 4 is 12.0 Å². The molecule has 7 heteroatoms. The Labute approximate surface area is 152 Å². The van der Waals surface area contributed by atoms with Crippen molar-refractivity contribution in [2.45, 2.75) is 45.1 Å². The monoisotopic (exact) mass is 364 g/mol. The van der Waals surface area contributed by atoms with Crippen LogP contribution in [0.5, 0.6) is 5.75 Å². The van der Waals surface area contributed by atoms with Gasteiger partial charge in [0.2, 0.25) is 0 Å². The van der Waals surface area contributed by atoms with E-state index in [0.717, 1.165) is 25.7 Å². The van der Waals surface area contributed by atoms with Crippen LogP contribution in [0, 0.1) is 0 Å². The van der Waals surface area contributed by atoms with Gasteiger partial charge in [0, 0.05) is 18.2 Å². The molecule has 0 unspecified atom stereocenters. The van der Waals surface area contributed by atoms with Crippen molar-refractivity contribution in [3.8, 4) is 5.75 Å². The standard InChI is InChI=1S/C19H25FN2O4/c1-13(11-21-19(24)25)17(20)12-26-16-9-7-14(8-10-16)18(23)22-15-5-3-2-4-6-15/h7-10,15,21H,2-6,11-12H2,1H3,(H,22,23)(H,24,25). The second kappa shape index (κ2) is 9.79. The SMILES string of the molecule is CC(CNC(=O)O)=C(F)COc1ccc(C(=O)NC2CCCCC2)cc1. The molecule has 0 heterocycles. The summed E-state index contributed by atoms with van der Waals surface area (Å²) in [4.78, 5) is 22.6. The van der Waals surface area contributed by atoms with E-state index in [1.54, 1.807) is 24.3 Å². The molecular weight excluding hydrogens is 339 g/mol. The Hall–Kier alpha value is -2.57. The van der Waals surface area contributed by atoms with Gasteiger partial charge in [-0.2, -0.15) is 0 Å². The van der Waals surface area contributed by atoms with Crippen LogP contribution in [0.1, 0.15) is 49.4 Å². The molecule has 1 aromatic rings. The van der Waals surface area contributed by atoms with Gasteiger partial charge in [0.25, 0.3) is 5.91 Å². The summed E-state index contributed by atoms with van der Waals surface area (Å²) in [6.45, 7) is 1.11. The van der Waals surface area contributed by atoms with Crippen LogP contribution in [0.25, 0.3) is 0 Å². The van der Waals surface area contributed by atoms with Gasteiger partial charge < -0.3 is 20.5 Å². The van der Waals surface area contributed by atoms with Crippen LogP contribution >= 0.6 is 0 Å². The number of hydrogen-bond acceptors (Lipinski definition) is 3. The van der Waals surface area contributed by atoms with Crippen LogP contribution in [0.3, 0.4) is 0 Å². The molecule has 2 amide bonds. The highest BCUT2D eigenvalue weighted by Gasteiger charge is 2.16. The molecule has 1 aliphatic carbocycles. The lowest BCUT2D eigenvalue weighted by Crippen LogP contribution is -2.36. The number of carbonyl (C=O) groups excluding carboxylic acids is 1. The lowest BCUT2D eigenvalue weighted by molar-refractivity contribution is 0.0927. The van der Waals surface area contributed by atoms with E-state index >= 15 is 0 Å². The third kappa shape index (κ3) is 6.38. The maximum absolute atomic E-state index is 13.9. The molecule has 0 aromatic heterocycles. The Morgan fingerprint density at radius 3 is 2.46 bits per heavy atom. The number of nitrogens with one attached hydrogen (secondary N) is 2. The molecule has 1 aliphatic rings. The first kappa shape index (κ1) is 19.8. The molecule has 0 aliphatic heterocycles. The van der Waals surface area contributed by atoms with Crippen LogP contribution in [0.15, 0.2) is 35.7 Å². The highest BCUT2D eigenvalue weighted by Crippen LogP contribution is 2.19. The predicted octanol–water partition coefficient (Wildman–Crippen LogP) is 3.64. The summed E-state index contributed by atoms with van der Waals surface area (Å²) in [6, 6.07) is 6.78. The highest BCUT2D eigenvalue weighted by molar-refractivity contribution is 5.94. The second-order valence-electron chi connectivity index (χ2n) is 6.47. The van der Waals surface area contributed by atoms with Gasteiger partial charge in [0.05, 0.1) is 0 Å². The van der Waals surface area contributed by atoms with E-state index in [9.17, 15) is 14.0 Å². The Morgan fingerprint density at radius 2 is 1.85 bits per heavy atom. The van der Waals surface area contributed by atoms with Gasteiger partial charge in [-0.3, -0.25) is 4.79 Å². The first-order valence-corrected chi connectivity index (χ1v) is 8.80. The van der Waals surface area contributed by atoms with Crippen molar-refractivity contribution in [3.63, 3.8) is 0 Å². The average molecular weight is 364 g/mol. The van der Waals surface area contributed by atoms with E-state index in [1.165, 1.54) is 13.3 Å². The molecule has 0 bridgehead atoms. The number of carboxylic acid groups (broad SMARTS) is 1. The zero-order valence-electron chi connectivity index (χ0n) is 14.9. The minimum Gasteiger partial charge on any atom is -0.487 e. The van der Waals surface area contributed by atoms with E-state index in [1.807, 2.05) is 0 Å². The van der Waals surface area contributed by atoms with Crippen LogP contribution in [-0.2, 0) is 0 Å². The summed E-state index contributed by atoms with van der Waals surface area (Å²) >= 11 is 0. The zero-order valence-corrected chi connectivity index (χ0v) is 14.9. The summed E-state index contributed by atoms with van der Waals surface area (Å²) in [7, 11) is 0. The van der Waals surface area contributed by atoms with Gasteiger partial charge in [-0.05, 0) is 49.6 Å². The van der Waals surface area contributed by atoms with Gasteiger partial charge in [-0.25, -0.2) is 9.18 Å². The first-order valence-electron chi connectivity index (χ1n) is 8.80. The van der Waals surface area contributed by atoms with Gasteiger partial charge >= 0.3 is 6.09 Å². The normalized spacial score (nSPS) is 15.8. The minimum atomic E-state index is -1.21. The molecule has 142 valence electrons. The molecule has 2 rings (SSSR count). The van der Waals surface area contributed by atoms with Crippen molar-refractivity contribution in [1.29, 1.82) is 0 Å². The van der Waals surface area contributed by atoms with E-state index in [4.69, 9.17) is 9.84 Å². The van der Waals surface area contributed by atoms with Gasteiger partial charge in [0.15, 0.2) is 0 Å². The third-order valence-electron chi connectivity index (χ3n) is 4.39. The van der Waals surface area contributed by atoms with Crippen molar-refractivity contribution in [3.05, 3.63) is 41.2 Å². The minimum absolute atomic E-state index is 0.0925. The van der Waals surface area contributed by atoms with E-state index in [0.29, 0.717) is 11.3 Å². The number of benzene rings is 1. The van der Waals surface area contributed by atoms with E-state index in [-0.39, 0.29) is 30.7 Å². The van der Waals surface area contributed by atoms with Gasteiger partial charge in [-0.15, -0.1) is 0 Å². The summed E-state index contributed by atoms with van der Waals surface area (Å²) in [5.74, 6) is -0.198. The van der Waals surface area contributed by atoms with Crippen LogP contribution in [-0.4, -0.2) is 36.3 Å². The quantitative estimate of drug-likeness (QED) is 0.689. The lowest BCUT2D eigenvalue weighted by atomic mass is 9.95. The van der Waals surface area contributed by atoms with Crippen molar-refractivity contribution < 1.29 is 23.8 Å². The molecule has 26 heavy (non-hydrogen) atoms. The molecular formula is C19H25FN2O4. The Bertz CT molecular complexity index is 652. The maximum Gasteiger partial charge on any atom is 0.404 e. The molecule has 1 saturated carbocycles. The van der Waals surface area contributed by atoms with E-state index < -0.39 is 11.9 Å². The van der Waals surface area contributed by atoms with Crippen molar-refractivity contribution in [2.75, 3.05) is 13.2 Å². The number of rotatable bonds is 7. The molecule has 0 spiro atoms. The summed E-state index contributed by atoms with van der Waals surface area (Å²) in [5.41, 5.74) is 0.802. The summed E-state index contributed by atoms with van der Waals surface area (Å²) in [6.07, 6.45) is 4.37. The summed E-state index contributed by atoms with van der Waals surface area (Å²) < 4.78 is 19.2. The number of ether oxygens (including phenoxy) is 1. The lowest BCUT2D eigenvalue weighted by Gasteiger charge is -2.22. The number of carbonyl (C=O) groups is 2. The molecule has 6 nitrogen and oxygen atoms in total. The molecule has 1 aromatic carbocycles. The van der Waals surface area contributed by atoms with Gasteiger partial charge in [-0.1, -0.05) is 19.3 Å². The van der Waals surface area contributed by atoms with Crippen LogP contribution in [0.2, 0.25) is 0 Å². The fourth-order valence-electron chi connectivity index (χ4n) is 2.79. The number of hydrogen-bond donors (Lipinski definition) is 3. The van der Waals surface area contributed by atoms with Crippen molar-refractivity contribution in [2.24, 2.45) is 0 Å². The zero-order chi connectivity index (χ0) is 18.9. The Kier molecular flexibility index (Phi) is 7.44. The largest absolute Gasteiger partial charge is 0.487 e. The van der Waals surface area contributed by atoms with Crippen LogP contribution < -0.4 is 15.4 Å². The number of halogens is 1. The second-order valence-corrected chi connectivity index (χ2v) is 6.47. The fraction of sp³-hybridized carbons (Fsp3) is 0.474. The topological polar surface area (TPSA) is 87.7 Å². The first-order chi connectivity index (χ1) is 12.5. The highest BCUT2D eigenvalue weighted by atomic mass is 19.1. The Morgan fingerprint density at radius 1 is 1.19 bits per heavy atom. The third-order valence-corrected chi connectivity index (χ3v) is 4.39. The average Bonchev–Trinajstić information content (AvgIpc) is 2.65. The molecule has 0 saturated heterocycles. The molecule has 1 fully saturated rings. The smallest absolute Gasteiger partial charge is 0.404 e. The van der Waals surface area contributed by atoms with Gasteiger partial charge in [0.1, 0.15) is 18.2 Å². The summed E-state index contributed by atoms with van der Waals surface area (Å²) in [5, 5.41) is 13.6. The fourth-order valence-corrected chi connectivity index (χ4v) is 2.79. The molecule has 3 N–H and O–H groups in total. The molecule has 0 radical (unpaired) electrons. The predicted molar refractivity (Wildman–Crippen MR) is 96.1 cm³/mol. The Balaban J connectivity index is 1.83. The maximum atomic E-state index is 13.9. The van der Waals surface area contributed by atoms with Crippen molar-refractivity contribution in [1.82, 2.24) is 10.6 Å². The van der Waals surface area contributed by atoms with Crippen LogP contribution in [0.4, 0.5) is 9.18 Å². The number of amides is 2. The molecule has 0 atom stereocenters.